The Hall–Kier alpha value is -2.38. The van der Waals surface area contributed by atoms with Crippen molar-refractivity contribution in [1.29, 1.82) is 0 Å². The highest BCUT2D eigenvalue weighted by Gasteiger charge is 2.24. The summed E-state index contributed by atoms with van der Waals surface area (Å²) in [4.78, 5) is 19.5. The summed E-state index contributed by atoms with van der Waals surface area (Å²) < 4.78 is 11.0. The van der Waals surface area contributed by atoms with Gasteiger partial charge in [0.2, 0.25) is 11.7 Å². The summed E-state index contributed by atoms with van der Waals surface area (Å²) in [6.07, 6.45) is -0.127. The van der Waals surface area contributed by atoms with Gasteiger partial charge in [0.1, 0.15) is 5.75 Å². The summed E-state index contributed by atoms with van der Waals surface area (Å²) in [6.45, 7) is 2.09. The molecule has 2 aromatic heterocycles. The highest BCUT2D eigenvalue weighted by molar-refractivity contribution is 7.13. The fourth-order valence-corrected chi connectivity index (χ4v) is 3.18. The Bertz CT molecular complexity index is 866. The molecule has 0 aliphatic rings. The van der Waals surface area contributed by atoms with Crippen molar-refractivity contribution in [1.82, 2.24) is 15.0 Å². The molecule has 0 saturated carbocycles. The zero-order valence-electron chi connectivity index (χ0n) is 14.4. The van der Waals surface area contributed by atoms with Crippen LogP contribution >= 0.6 is 22.9 Å². The van der Waals surface area contributed by atoms with Crippen LogP contribution in [0.3, 0.4) is 0 Å². The zero-order chi connectivity index (χ0) is 18.5. The summed E-state index contributed by atoms with van der Waals surface area (Å²) in [5.41, 5.74) is 0. The van der Waals surface area contributed by atoms with Crippen molar-refractivity contribution in [2.75, 3.05) is 7.05 Å². The second-order valence-corrected chi connectivity index (χ2v) is 6.98. The molecule has 1 unspecified atom stereocenters. The Balaban J connectivity index is 1.65. The van der Waals surface area contributed by atoms with Gasteiger partial charge in [0, 0.05) is 7.05 Å². The summed E-state index contributed by atoms with van der Waals surface area (Å²) in [5, 5.41) is 6.37. The molecule has 0 N–H and O–H groups in total. The normalized spacial score (nSPS) is 12.0. The minimum Gasteiger partial charge on any atom is -0.479 e. The number of carbonyl (C=O) groups is 1. The lowest BCUT2D eigenvalue weighted by Gasteiger charge is -2.23. The lowest BCUT2D eigenvalue weighted by molar-refractivity contribution is -0.138. The van der Waals surface area contributed by atoms with Crippen LogP contribution in [0.5, 0.6) is 5.75 Å². The number of aromatic nitrogens is 2. The molecule has 0 radical (unpaired) electrons. The Morgan fingerprint density at radius 1 is 1.35 bits per heavy atom. The fraction of sp³-hybridized carbons (Fsp3) is 0.278. The number of amides is 1. The van der Waals surface area contributed by atoms with E-state index in [4.69, 9.17) is 20.9 Å². The van der Waals surface area contributed by atoms with Gasteiger partial charge in [0.15, 0.2) is 6.10 Å². The number of hydrogen-bond donors (Lipinski definition) is 0. The molecule has 0 aliphatic carbocycles. The van der Waals surface area contributed by atoms with Crippen LogP contribution in [0.1, 0.15) is 19.2 Å². The van der Waals surface area contributed by atoms with Gasteiger partial charge in [-0.05, 0) is 30.0 Å². The van der Waals surface area contributed by atoms with E-state index in [2.05, 4.69) is 10.1 Å². The quantitative estimate of drug-likeness (QED) is 0.601. The molecular weight excluding hydrogens is 374 g/mol. The van der Waals surface area contributed by atoms with Gasteiger partial charge >= 0.3 is 0 Å². The van der Waals surface area contributed by atoms with E-state index >= 15 is 0 Å². The summed E-state index contributed by atoms with van der Waals surface area (Å²) >= 11 is 7.64. The molecule has 3 aromatic rings. The molecule has 1 atom stereocenters. The molecule has 1 aromatic carbocycles. The van der Waals surface area contributed by atoms with Crippen molar-refractivity contribution < 1.29 is 14.1 Å². The van der Waals surface area contributed by atoms with Crippen molar-refractivity contribution >= 4 is 28.8 Å². The zero-order valence-corrected chi connectivity index (χ0v) is 16.0. The SMILES string of the molecule is CCC(Oc1ccccc1Cl)C(=O)N(C)Cc1nc(-c2cccs2)no1. The third-order valence-electron chi connectivity index (χ3n) is 3.71. The molecule has 3 rings (SSSR count). The van der Waals surface area contributed by atoms with Gasteiger partial charge in [-0.1, -0.05) is 41.9 Å². The van der Waals surface area contributed by atoms with E-state index in [0.29, 0.717) is 28.9 Å². The number of ether oxygens (including phenoxy) is 1. The molecule has 136 valence electrons. The number of likely N-dealkylation sites (N-methyl/N-ethyl adjacent to an activating group) is 1. The average molecular weight is 392 g/mol. The van der Waals surface area contributed by atoms with Crippen molar-refractivity contribution in [3.05, 3.63) is 52.7 Å². The number of nitrogens with zero attached hydrogens (tertiary/aromatic N) is 3. The number of halogens is 1. The first kappa shape index (κ1) is 18.4. The summed E-state index contributed by atoms with van der Waals surface area (Å²) in [7, 11) is 1.68. The summed E-state index contributed by atoms with van der Waals surface area (Å²) in [6, 6.07) is 10.9. The number of carbonyl (C=O) groups excluding carboxylic acids is 1. The topological polar surface area (TPSA) is 68.5 Å². The molecule has 6 nitrogen and oxygen atoms in total. The molecule has 0 spiro atoms. The van der Waals surface area contributed by atoms with Gasteiger partial charge in [-0.3, -0.25) is 4.79 Å². The molecule has 26 heavy (non-hydrogen) atoms. The maximum Gasteiger partial charge on any atom is 0.263 e. The maximum atomic E-state index is 12.7. The number of hydrogen-bond acceptors (Lipinski definition) is 6. The largest absolute Gasteiger partial charge is 0.479 e. The minimum absolute atomic E-state index is 0.178. The molecule has 2 heterocycles. The third-order valence-corrected chi connectivity index (χ3v) is 4.89. The van der Waals surface area contributed by atoms with Crippen LogP contribution in [0, 0.1) is 0 Å². The van der Waals surface area contributed by atoms with Gasteiger partial charge in [0.05, 0.1) is 16.4 Å². The van der Waals surface area contributed by atoms with E-state index in [1.807, 2.05) is 36.6 Å². The van der Waals surface area contributed by atoms with E-state index in [1.165, 1.54) is 16.2 Å². The molecule has 8 heteroatoms. The Labute approximate surface area is 160 Å². The molecule has 0 saturated heterocycles. The van der Waals surface area contributed by atoms with Crippen molar-refractivity contribution in [3.8, 4) is 16.5 Å². The van der Waals surface area contributed by atoms with Crippen LogP contribution < -0.4 is 4.74 Å². The van der Waals surface area contributed by atoms with Gasteiger partial charge in [0.25, 0.3) is 5.91 Å². The summed E-state index contributed by atoms with van der Waals surface area (Å²) in [5.74, 6) is 1.20. The van der Waals surface area contributed by atoms with E-state index in [0.717, 1.165) is 4.88 Å². The van der Waals surface area contributed by atoms with E-state index in [9.17, 15) is 4.79 Å². The number of para-hydroxylation sites is 1. The molecular formula is C18H18ClN3O3S. The molecule has 0 aliphatic heterocycles. The number of benzene rings is 1. The lowest BCUT2D eigenvalue weighted by atomic mass is 10.2. The van der Waals surface area contributed by atoms with Crippen molar-refractivity contribution in [2.45, 2.75) is 26.0 Å². The standard InChI is InChI=1S/C18H18ClN3O3S/c1-3-13(24-14-8-5-4-7-12(14)19)18(23)22(2)11-16-20-17(21-25-16)15-9-6-10-26-15/h4-10,13H,3,11H2,1-2H3. The van der Waals surface area contributed by atoms with Crippen LogP contribution in [0.15, 0.2) is 46.3 Å². The van der Waals surface area contributed by atoms with E-state index in [-0.39, 0.29) is 12.5 Å². The fourth-order valence-electron chi connectivity index (χ4n) is 2.35. The second-order valence-electron chi connectivity index (χ2n) is 5.63. The first-order chi connectivity index (χ1) is 12.6. The van der Waals surface area contributed by atoms with Gasteiger partial charge < -0.3 is 14.2 Å². The van der Waals surface area contributed by atoms with E-state index in [1.54, 1.807) is 19.2 Å². The lowest BCUT2D eigenvalue weighted by Crippen LogP contribution is -2.39. The van der Waals surface area contributed by atoms with Crippen molar-refractivity contribution in [3.63, 3.8) is 0 Å². The third kappa shape index (κ3) is 4.23. The Morgan fingerprint density at radius 3 is 2.85 bits per heavy atom. The minimum atomic E-state index is -0.639. The van der Waals surface area contributed by atoms with Gasteiger partial charge in [-0.15, -0.1) is 11.3 Å². The second kappa shape index (κ2) is 8.33. The molecule has 0 fully saturated rings. The van der Waals surface area contributed by atoms with Crippen LogP contribution in [-0.4, -0.2) is 34.1 Å². The first-order valence-corrected chi connectivity index (χ1v) is 9.37. The average Bonchev–Trinajstić information content (AvgIpc) is 3.32. The first-order valence-electron chi connectivity index (χ1n) is 8.11. The number of rotatable bonds is 7. The van der Waals surface area contributed by atoms with Crippen LogP contribution in [0.25, 0.3) is 10.7 Å². The predicted octanol–water partition coefficient (Wildman–Crippen LogP) is 4.27. The smallest absolute Gasteiger partial charge is 0.263 e. The Kier molecular flexibility index (Phi) is 5.90. The highest BCUT2D eigenvalue weighted by atomic mass is 35.5. The van der Waals surface area contributed by atoms with Crippen LogP contribution in [-0.2, 0) is 11.3 Å². The number of thiophene rings is 1. The predicted molar refractivity (Wildman–Crippen MR) is 100 cm³/mol. The van der Waals surface area contributed by atoms with Gasteiger partial charge in [-0.2, -0.15) is 4.98 Å². The monoisotopic (exact) mass is 391 g/mol. The van der Waals surface area contributed by atoms with Crippen LogP contribution in [0.2, 0.25) is 5.02 Å². The van der Waals surface area contributed by atoms with E-state index < -0.39 is 6.10 Å². The Morgan fingerprint density at radius 2 is 2.15 bits per heavy atom. The van der Waals surface area contributed by atoms with Crippen molar-refractivity contribution in [2.24, 2.45) is 0 Å². The van der Waals surface area contributed by atoms with Crippen LogP contribution in [0.4, 0.5) is 0 Å². The molecule has 1 amide bonds. The highest BCUT2D eigenvalue weighted by Crippen LogP contribution is 2.25. The maximum absolute atomic E-state index is 12.7. The van der Waals surface area contributed by atoms with Gasteiger partial charge in [-0.25, -0.2) is 0 Å². The molecule has 0 bridgehead atoms.